The molecule has 0 bridgehead atoms. The summed E-state index contributed by atoms with van der Waals surface area (Å²) in [6.45, 7) is 3.00. The van der Waals surface area contributed by atoms with Crippen LogP contribution in [0.15, 0.2) is 30.3 Å². The Morgan fingerprint density at radius 1 is 1.25 bits per heavy atom. The molecule has 0 spiro atoms. The maximum absolute atomic E-state index is 10.3. The molecule has 4 nitrogen and oxygen atoms in total. The lowest BCUT2D eigenvalue weighted by molar-refractivity contribution is 0.256. The third-order valence-electron chi connectivity index (χ3n) is 3.32. The van der Waals surface area contributed by atoms with Crippen LogP contribution in [-0.2, 0) is 15.2 Å². The van der Waals surface area contributed by atoms with Crippen molar-refractivity contribution in [1.82, 2.24) is 4.90 Å². The summed E-state index contributed by atoms with van der Waals surface area (Å²) in [7, 11) is -2.71. The molecular weight excluding hydrogens is 298 g/mol. The van der Waals surface area contributed by atoms with Crippen LogP contribution in [0.3, 0.4) is 0 Å². The second kappa shape index (κ2) is 7.78. The SMILES string of the molecule is O=[SH](=O)OCCCN1CC=C(c2ccc(Cl)cc2)CC1. The molecule has 0 radical (unpaired) electrons. The Bertz CT molecular complexity index is 532. The van der Waals surface area contributed by atoms with Gasteiger partial charge in [0.1, 0.15) is 0 Å². The Hall–Kier alpha value is -0.880. The standard InChI is InChI=1S/C14H18ClNO3S/c15-14-4-2-12(3-5-14)13-6-9-16(10-7-13)8-1-11-19-20(17)18/h2-6,20H,1,7-11H2. The fraction of sp³-hybridized carbons (Fsp3) is 0.429. The van der Waals surface area contributed by atoms with E-state index < -0.39 is 11.0 Å². The predicted molar refractivity (Wildman–Crippen MR) is 81.4 cm³/mol. The lowest BCUT2D eigenvalue weighted by Gasteiger charge is -2.26. The normalized spacial score (nSPS) is 16.4. The van der Waals surface area contributed by atoms with Gasteiger partial charge in [0.25, 0.3) is 11.0 Å². The third-order valence-corrected chi connectivity index (χ3v) is 3.97. The van der Waals surface area contributed by atoms with Crippen LogP contribution in [0, 0.1) is 0 Å². The van der Waals surface area contributed by atoms with Gasteiger partial charge in [0.05, 0.1) is 6.61 Å². The fourth-order valence-corrected chi connectivity index (χ4v) is 2.67. The molecule has 0 unspecified atom stereocenters. The number of benzene rings is 1. The zero-order valence-electron chi connectivity index (χ0n) is 11.1. The molecule has 1 aromatic rings. The van der Waals surface area contributed by atoms with E-state index in [0.717, 1.165) is 37.5 Å². The first-order valence-electron chi connectivity index (χ1n) is 6.60. The van der Waals surface area contributed by atoms with E-state index in [4.69, 9.17) is 11.6 Å². The molecule has 0 amide bonds. The highest BCUT2D eigenvalue weighted by Crippen LogP contribution is 2.23. The average Bonchev–Trinajstić information content (AvgIpc) is 2.45. The van der Waals surface area contributed by atoms with Crippen LogP contribution < -0.4 is 0 Å². The third kappa shape index (κ3) is 4.90. The monoisotopic (exact) mass is 315 g/mol. The molecule has 1 aliphatic heterocycles. The van der Waals surface area contributed by atoms with E-state index in [9.17, 15) is 8.42 Å². The van der Waals surface area contributed by atoms with Crippen molar-refractivity contribution >= 4 is 28.2 Å². The molecule has 0 saturated heterocycles. The molecule has 0 fully saturated rings. The quantitative estimate of drug-likeness (QED) is 0.646. The Labute approximate surface area is 126 Å². The van der Waals surface area contributed by atoms with Gasteiger partial charge in [-0.05, 0) is 36.1 Å². The van der Waals surface area contributed by atoms with Crippen LogP contribution in [0.1, 0.15) is 18.4 Å². The van der Waals surface area contributed by atoms with E-state index >= 15 is 0 Å². The molecule has 1 heterocycles. The molecule has 2 rings (SSSR count). The number of rotatable bonds is 6. The predicted octanol–water partition coefficient (Wildman–Crippen LogP) is 2.36. The van der Waals surface area contributed by atoms with Gasteiger partial charge in [-0.3, -0.25) is 9.08 Å². The van der Waals surface area contributed by atoms with Crippen molar-refractivity contribution in [2.24, 2.45) is 0 Å². The Balaban J connectivity index is 1.79. The van der Waals surface area contributed by atoms with Crippen molar-refractivity contribution in [3.05, 3.63) is 40.9 Å². The molecule has 110 valence electrons. The highest BCUT2D eigenvalue weighted by atomic mass is 35.5. The van der Waals surface area contributed by atoms with Gasteiger partial charge in [-0.25, -0.2) is 8.42 Å². The molecule has 6 heteroatoms. The Morgan fingerprint density at radius 3 is 2.60 bits per heavy atom. The van der Waals surface area contributed by atoms with Crippen molar-refractivity contribution in [2.45, 2.75) is 12.8 Å². The van der Waals surface area contributed by atoms with Gasteiger partial charge in [0, 0.05) is 24.7 Å². The summed E-state index contributed by atoms with van der Waals surface area (Å²) in [5.74, 6) is 0. The van der Waals surface area contributed by atoms with Crippen molar-refractivity contribution in [1.29, 1.82) is 0 Å². The van der Waals surface area contributed by atoms with Crippen LogP contribution in [0.25, 0.3) is 5.57 Å². The summed E-state index contributed by atoms with van der Waals surface area (Å²) in [5, 5.41) is 0.753. The maximum Gasteiger partial charge on any atom is 0.257 e. The van der Waals surface area contributed by atoms with Crippen molar-refractivity contribution < 1.29 is 12.6 Å². The van der Waals surface area contributed by atoms with E-state index in [1.165, 1.54) is 11.1 Å². The van der Waals surface area contributed by atoms with Crippen LogP contribution in [-0.4, -0.2) is 39.6 Å². The number of hydrogen-bond donors (Lipinski definition) is 1. The minimum absolute atomic E-state index is 0.267. The fourth-order valence-electron chi connectivity index (χ4n) is 2.27. The highest BCUT2D eigenvalue weighted by Gasteiger charge is 2.12. The number of halogens is 1. The van der Waals surface area contributed by atoms with E-state index in [1.807, 2.05) is 24.3 Å². The molecular formula is C14H18ClNO3S. The van der Waals surface area contributed by atoms with Gasteiger partial charge in [-0.2, -0.15) is 0 Å². The first kappa shape index (κ1) is 15.5. The van der Waals surface area contributed by atoms with Crippen molar-refractivity contribution in [2.75, 3.05) is 26.2 Å². The molecule has 0 atom stereocenters. The summed E-state index contributed by atoms with van der Waals surface area (Å²) in [4.78, 5) is 2.29. The number of nitrogens with zero attached hydrogens (tertiary/aromatic N) is 1. The summed E-state index contributed by atoms with van der Waals surface area (Å²) in [5.41, 5.74) is 2.57. The molecule has 1 aliphatic rings. The largest absolute Gasteiger partial charge is 0.299 e. The van der Waals surface area contributed by atoms with E-state index in [-0.39, 0.29) is 6.61 Å². The van der Waals surface area contributed by atoms with Crippen molar-refractivity contribution in [3.8, 4) is 0 Å². The topological polar surface area (TPSA) is 46.6 Å². The molecule has 1 aromatic carbocycles. The number of hydrogen-bond acceptors (Lipinski definition) is 4. The minimum atomic E-state index is -2.71. The highest BCUT2D eigenvalue weighted by molar-refractivity contribution is 7.67. The molecule has 0 aliphatic carbocycles. The van der Waals surface area contributed by atoms with Gasteiger partial charge in [0.15, 0.2) is 0 Å². The summed E-state index contributed by atoms with van der Waals surface area (Å²) < 4.78 is 25.0. The molecule has 0 N–H and O–H groups in total. The average molecular weight is 316 g/mol. The Kier molecular flexibility index (Phi) is 6.04. The summed E-state index contributed by atoms with van der Waals surface area (Å²) in [6.07, 6.45) is 3.95. The van der Waals surface area contributed by atoms with Gasteiger partial charge >= 0.3 is 0 Å². The van der Waals surface area contributed by atoms with Crippen LogP contribution in [0.4, 0.5) is 0 Å². The van der Waals surface area contributed by atoms with Gasteiger partial charge in [-0.15, -0.1) is 0 Å². The van der Waals surface area contributed by atoms with Gasteiger partial charge in [0.2, 0.25) is 0 Å². The molecule has 0 saturated carbocycles. The smallest absolute Gasteiger partial charge is 0.257 e. The van der Waals surface area contributed by atoms with Crippen molar-refractivity contribution in [3.63, 3.8) is 0 Å². The molecule has 0 aromatic heterocycles. The summed E-state index contributed by atoms with van der Waals surface area (Å²) >= 11 is 5.88. The zero-order chi connectivity index (χ0) is 14.4. The first-order valence-corrected chi connectivity index (χ1v) is 8.07. The van der Waals surface area contributed by atoms with Crippen LogP contribution >= 0.6 is 11.6 Å². The second-order valence-corrected chi connectivity index (χ2v) is 5.84. The zero-order valence-corrected chi connectivity index (χ0v) is 12.8. The van der Waals surface area contributed by atoms with Crippen LogP contribution in [0.5, 0.6) is 0 Å². The number of thiol groups is 1. The second-order valence-electron chi connectivity index (χ2n) is 4.70. The maximum atomic E-state index is 10.3. The summed E-state index contributed by atoms with van der Waals surface area (Å²) in [6, 6.07) is 7.90. The van der Waals surface area contributed by atoms with Gasteiger partial charge < -0.3 is 0 Å². The first-order chi connectivity index (χ1) is 9.65. The Morgan fingerprint density at radius 2 is 2.00 bits per heavy atom. The molecule has 20 heavy (non-hydrogen) atoms. The lowest BCUT2D eigenvalue weighted by atomic mass is 9.99. The van der Waals surface area contributed by atoms with E-state index in [1.54, 1.807) is 0 Å². The van der Waals surface area contributed by atoms with Gasteiger partial charge in [-0.1, -0.05) is 29.8 Å². The lowest BCUT2D eigenvalue weighted by Crippen LogP contribution is -2.30. The minimum Gasteiger partial charge on any atom is -0.299 e. The van der Waals surface area contributed by atoms with E-state index in [0.29, 0.717) is 0 Å². The van der Waals surface area contributed by atoms with Crippen LogP contribution in [0.2, 0.25) is 5.02 Å². The van der Waals surface area contributed by atoms with E-state index in [2.05, 4.69) is 15.2 Å².